The van der Waals surface area contributed by atoms with E-state index in [0.717, 1.165) is 42.6 Å². The largest absolute Gasteiger partial charge is 0.301 e. The fraction of sp³-hybridized carbons (Fsp3) is 0.273. The summed E-state index contributed by atoms with van der Waals surface area (Å²) >= 11 is 2.72. The smallest absolute Gasteiger partial charge is 0.236 e. The molecule has 3 aromatic rings. The van der Waals surface area contributed by atoms with Crippen molar-refractivity contribution in [3.05, 3.63) is 58.6 Å². The number of thiazole rings is 1. The molecule has 2 aromatic heterocycles. The zero-order valence-corrected chi connectivity index (χ0v) is 17.5. The Morgan fingerprint density at radius 2 is 2.00 bits per heavy atom. The van der Waals surface area contributed by atoms with Crippen LogP contribution in [-0.4, -0.2) is 21.6 Å². The average Bonchev–Trinajstić information content (AvgIpc) is 3.09. The predicted molar refractivity (Wildman–Crippen MR) is 117 cm³/mol. The van der Waals surface area contributed by atoms with Crippen LogP contribution in [0, 0.1) is 11.3 Å². The molecule has 7 heteroatoms. The second-order valence-electron chi connectivity index (χ2n) is 6.86. The van der Waals surface area contributed by atoms with Crippen LogP contribution in [0.25, 0.3) is 11.3 Å². The number of nitrogens with zero attached hydrogens (tertiary/aromatic N) is 3. The lowest BCUT2D eigenvalue weighted by Crippen LogP contribution is -2.14. The third kappa shape index (κ3) is 4.84. The molecular formula is C22H20N4OS2. The summed E-state index contributed by atoms with van der Waals surface area (Å²) < 4.78 is 0. The van der Waals surface area contributed by atoms with Gasteiger partial charge in [-0.1, -0.05) is 48.5 Å². The molecule has 146 valence electrons. The molecule has 0 atom stereocenters. The first-order valence-electron chi connectivity index (χ1n) is 9.59. The molecule has 5 nitrogen and oxygen atoms in total. The first-order valence-corrected chi connectivity index (χ1v) is 11.5. The van der Waals surface area contributed by atoms with Crippen molar-refractivity contribution in [2.45, 2.75) is 37.1 Å². The Morgan fingerprint density at radius 3 is 2.83 bits per heavy atom. The van der Waals surface area contributed by atoms with Gasteiger partial charge in [-0.3, -0.25) is 4.79 Å². The molecule has 0 saturated carbocycles. The Balaban J connectivity index is 1.41. The van der Waals surface area contributed by atoms with Crippen LogP contribution in [0.5, 0.6) is 0 Å². The van der Waals surface area contributed by atoms with E-state index in [9.17, 15) is 10.1 Å². The quantitative estimate of drug-likeness (QED) is 0.460. The first-order chi connectivity index (χ1) is 14.2. The van der Waals surface area contributed by atoms with Gasteiger partial charge >= 0.3 is 0 Å². The number of nitrogens with one attached hydrogen (secondary N) is 1. The number of thioether (sulfide) groups is 1. The number of aromatic nitrogens is 2. The van der Waals surface area contributed by atoms with Gasteiger partial charge in [0.2, 0.25) is 5.91 Å². The van der Waals surface area contributed by atoms with Crippen molar-refractivity contribution in [2.75, 3.05) is 11.1 Å². The lowest BCUT2D eigenvalue weighted by Gasteiger charge is -2.09. The average molecular weight is 421 g/mol. The summed E-state index contributed by atoms with van der Waals surface area (Å²) in [5.41, 5.74) is 4.69. The van der Waals surface area contributed by atoms with Crippen LogP contribution in [0.15, 0.2) is 46.8 Å². The number of nitriles is 1. The standard InChI is InChI=1S/C22H20N4OS2/c23-12-17-11-16-9-5-2-6-10-18(16)24-21(17)28-14-20(27)26-22-25-19(13-29-22)15-7-3-1-4-8-15/h1,3-4,7-8,11,13H,2,5-6,9-10,14H2,(H,25,26,27). The second-order valence-corrected chi connectivity index (χ2v) is 8.68. The van der Waals surface area contributed by atoms with Gasteiger partial charge < -0.3 is 5.32 Å². The monoisotopic (exact) mass is 420 g/mol. The van der Waals surface area contributed by atoms with Gasteiger partial charge in [-0.15, -0.1) is 11.3 Å². The van der Waals surface area contributed by atoms with Crippen LogP contribution >= 0.6 is 23.1 Å². The number of benzene rings is 1. The molecule has 0 radical (unpaired) electrons. The molecule has 29 heavy (non-hydrogen) atoms. The summed E-state index contributed by atoms with van der Waals surface area (Å²) in [6, 6.07) is 14.1. The zero-order chi connectivity index (χ0) is 20.1. The topological polar surface area (TPSA) is 78.7 Å². The van der Waals surface area contributed by atoms with Gasteiger partial charge in [0.15, 0.2) is 5.13 Å². The van der Waals surface area contributed by atoms with Gasteiger partial charge in [0.1, 0.15) is 11.1 Å². The fourth-order valence-corrected chi connectivity index (χ4v) is 4.85. The van der Waals surface area contributed by atoms with Gasteiger partial charge in [0, 0.05) is 16.6 Å². The summed E-state index contributed by atoms with van der Waals surface area (Å²) in [6.07, 6.45) is 5.40. The predicted octanol–water partition coefficient (Wildman–Crippen LogP) is 5.08. The maximum atomic E-state index is 12.4. The van der Waals surface area contributed by atoms with E-state index in [1.807, 2.05) is 41.8 Å². The second kappa shape index (κ2) is 9.21. The van der Waals surface area contributed by atoms with Gasteiger partial charge in [0.05, 0.1) is 17.0 Å². The lowest BCUT2D eigenvalue weighted by atomic mass is 10.1. The maximum absolute atomic E-state index is 12.4. The summed E-state index contributed by atoms with van der Waals surface area (Å²) in [4.78, 5) is 21.6. The van der Waals surface area contributed by atoms with E-state index in [1.165, 1.54) is 35.1 Å². The third-order valence-electron chi connectivity index (χ3n) is 4.80. The molecule has 1 aliphatic rings. The molecule has 1 amide bonds. The molecule has 0 fully saturated rings. The Labute approximate surface area is 178 Å². The number of pyridine rings is 1. The Kier molecular flexibility index (Phi) is 6.23. The van der Waals surface area contributed by atoms with Crippen molar-refractivity contribution in [3.8, 4) is 17.3 Å². The van der Waals surface area contributed by atoms with E-state index in [1.54, 1.807) is 0 Å². The molecule has 1 N–H and O–H groups in total. The summed E-state index contributed by atoms with van der Waals surface area (Å²) in [7, 11) is 0. The molecule has 4 rings (SSSR count). The van der Waals surface area contributed by atoms with Crippen molar-refractivity contribution in [3.63, 3.8) is 0 Å². The van der Waals surface area contributed by atoms with Crippen molar-refractivity contribution in [1.82, 2.24) is 9.97 Å². The minimum absolute atomic E-state index is 0.149. The van der Waals surface area contributed by atoms with Crippen molar-refractivity contribution in [2.24, 2.45) is 0 Å². The highest BCUT2D eigenvalue weighted by Crippen LogP contribution is 2.28. The van der Waals surface area contributed by atoms with Crippen LogP contribution < -0.4 is 5.32 Å². The lowest BCUT2D eigenvalue weighted by molar-refractivity contribution is -0.113. The van der Waals surface area contributed by atoms with Crippen molar-refractivity contribution < 1.29 is 4.79 Å². The van der Waals surface area contributed by atoms with Gasteiger partial charge in [-0.05, 0) is 37.3 Å². The van der Waals surface area contributed by atoms with E-state index >= 15 is 0 Å². The molecule has 0 unspecified atom stereocenters. The van der Waals surface area contributed by atoms with E-state index in [4.69, 9.17) is 4.98 Å². The summed E-state index contributed by atoms with van der Waals surface area (Å²) in [5, 5.41) is 15.5. The number of hydrogen-bond acceptors (Lipinski definition) is 6. The zero-order valence-electron chi connectivity index (χ0n) is 15.9. The molecule has 0 bridgehead atoms. The van der Waals surface area contributed by atoms with Gasteiger partial charge in [0.25, 0.3) is 0 Å². The van der Waals surface area contributed by atoms with Crippen LogP contribution in [0.4, 0.5) is 5.13 Å². The van der Waals surface area contributed by atoms with Gasteiger partial charge in [-0.25, -0.2) is 9.97 Å². The van der Waals surface area contributed by atoms with Crippen LogP contribution in [0.1, 0.15) is 36.1 Å². The minimum Gasteiger partial charge on any atom is -0.301 e. The number of rotatable bonds is 5. The molecular weight excluding hydrogens is 400 g/mol. The summed E-state index contributed by atoms with van der Waals surface area (Å²) in [6.45, 7) is 0. The molecule has 1 aromatic carbocycles. The Hall–Kier alpha value is -2.69. The fourth-order valence-electron chi connectivity index (χ4n) is 3.34. The van der Waals surface area contributed by atoms with E-state index in [-0.39, 0.29) is 11.7 Å². The number of fused-ring (bicyclic) bond motifs is 1. The van der Waals surface area contributed by atoms with Crippen molar-refractivity contribution in [1.29, 1.82) is 5.26 Å². The highest BCUT2D eigenvalue weighted by atomic mass is 32.2. The molecule has 0 aliphatic heterocycles. The first kappa shape index (κ1) is 19.6. The highest BCUT2D eigenvalue weighted by molar-refractivity contribution is 8.00. The number of hydrogen-bond donors (Lipinski definition) is 1. The van der Waals surface area contributed by atoms with Gasteiger partial charge in [-0.2, -0.15) is 5.26 Å². The van der Waals surface area contributed by atoms with Crippen LogP contribution in [0.3, 0.4) is 0 Å². The molecule has 0 saturated heterocycles. The third-order valence-corrected chi connectivity index (χ3v) is 6.55. The highest BCUT2D eigenvalue weighted by Gasteiger charge is 2.16. The number of carbonyl (C=O) groups is 1. The molecule has 2 heterocycles. The number of amides is 1. The van der Waals surface area contributed by atoms with E-state index in [0.29, 0.717) is 15.7 Å². The van der Waals surface area contributed by atoms with Crippen LogP contribution in [0.2, 0.25) is 0 Å². The minimum atomic E-state index is -0.149. The van der Waals surface area contributed by atoms with Crippen LogP contribution in [-0.2, 0) is 17.6 Å². The summed E-state index contributed by atoms with van der Waals surface area (Å²) in [5.74, 6) is 0.0466. The maximum Gasteiger partial charge on any atom is 0.236 e. The number of aryl methyl sites for hydroxylation is 2. The van der Waals surface area contributed by atoms with Crippen molar-refractivity contribution >= 4 is 34.1 Å². The SMILES string of the molecule is N#Cc1cc2c(nc1SCC(=O)Nc1nc(-c3ccccc3)cs1)CCCCC2. The molecule has 0 spiro atoms. The van der Waals surface area contributed by atoms with E-state index < -0.39 is 0 Å². The number of carbonyl (C=O) groups excluding carboxylic acids is 1. The molecule has 1 aliphatic carbocycles. The number of anilines is 1. The normalized spacial score (nSPS) is 13.2. The Bertz CT molecular complexity index is 1060. The Morgan fingerprint density at radius 1 is 1.17 bits per heavy atom. The van der Waals surface area contributed by atoms with E-state index in [2.05, 4.69) is 16.4 Å².